The zero-order chi connectivity index (χ0) is 20.9. The van der Waals surface area contributed by atoms with Crippen molar-refractivity contribution in [2.45, 2.75) is 17.9 Å². The summed E-state index contributed by atoms with van der Waals surface area (Å²) in [6, 6.07) is 11.1. The van der Waals surface area contributed by atoms with Crippen LogP contribution in [-0.4, -0.2) is 46.4 Å². The normalized spacial score (nSPS) is 12.5. The molecule has 2 rings (SSSR count). The number of methoxy groups -OCH3 is 2. The monoisotopic (exact) mass is 426 g/mol. The first kappa shape index (κ1) is 22.0. The summed E-state index contributed by atoms with van der Waals surface area (Å²) >= 11 is 6.01. The summed E-state index contributed by atoms with van der Waals surface area (Å²) in [6.45, 7) is 1.49. The molecule has 0 saturated carbocycles. The average Bonchev–Trinajstić information content (AvgIpc) is 2.67. The van der Waals surface area contributed by atoms with Gasteiger partial charge in [0.1, 0.15) is 11.5 Å². The number of ether oxygens (including phenoxy) is 2. The highest BCUT2D eigenvalue weighted by Crippen LogP contribution is 2.28. The summed E-state index contributed by atoms with van der Waals surface area (Å²) in [5.74, 6) is 0.662. The van der Waals surface area contributed by atoms with Gasteiger partial charge in [-0.3, -0.25) is 4.79 Å². The largest absolute Gasteiger partial charge is 0.497 e. The zero-order valence-corrected chi connectivity index (χ0v) is 17.7. The van der Waals surface area contributed by atoms with Crippen LogP contribution >= 0.6 is 11.6 Å². The van der Waals surface area contributed by atoms with Crippen LogP contribution in [0.1, 0.15) is 18.5 Å². The van der Waals surface area contributed by atoms with Gasteiger partial charge >= 0.3 is 0 Å². The third-order valence-corrected chi connectivity index (χ3v) is 6.29. The number of amides is 1. The van der Waals surface area contributed by atoms with E-state index in [-0.39, 0.29) is 22.5 Å². The van der Waals surface area contributed by atoms with Gasteiger partial charge in [-0.15, -0.1) is 0 Å². The maximum absolute atomic E-state index is 12.7. The minimum Gasteiger partial charge on any atom is -0.497 e. The van der Waals surface area contributed by atoms with Gasteiger partial charge in [0.05, 0.1) is 36.7 Å². The summed E-state index contributed by atoms with van der Waals surface area (Å²) in [5, 5.41) is 2.96. The molecule has 0 aliphatic carbocycles. The Morgan fingerprint density at radius 2 is 1.79 bits per heavy atom. The van der Waals surface area contributed by atoms with Gasteiger partial charge in [-0.1, -0.05) is 23.7 Å². The van der Waals surface area contributed by atoms with E-state index < -0.39 is 15.9 Å². The van der Waals surface area contributed by atoms with Crippen LogP contribution in [0.5, 0.6) is 11.5 Å². The molecule has 0 aromatic heterocycles. The highest BCUT2D eigenvalue weighted by molar-refractivity contribution is 7.89. The van der Waals surface area contributed by atoms with E-state index in [9.17, 15) is 13.2 Å². The van der Waals surface area contributed by atoms with Gasteiger partial charge in [0.25, 0.3) is 0 Å². The van der Waals surface area contributed by atoms with Crippen LogP contribution in [0.15, 0.2) is 47.4 Å². The smallest absolute Gasteiger partial charge is 0.243 e. The van der Waals surface area contributed by atoms with Crippen LogP contribution in [0.4, 0.5) is 0 Å². The number of halogens is 1. The number of nitrogens with one attached hydrogen (secondary N) is 1. The topological polar surface area (TPSA) is 84.9 Å². The third kappa shape index (κ3) is 5.15. The molecule has 0 spiro atoms. The minimum atomic E-state index is -3.87. The molecule has 0 saturated heterocycles. The standard InChI is InChI=1S/C19H23ClN2O5S/c1-13(14-5-7-15(26-3)8-6-14)21-19(23)12-22(2)28(24,25)16-9-10-18(27-4)17(20)11-16/h5-11,13H,12H2,1-4H3,(H,21,23)/t13-/m1/s1. The van der Waals surface area contributed by atoms with Gasteiger partial charge in [0, 0.05) is 7.05 Å². The molecule has 7 nitrogen and oxygen atoms in total. The summed E-state index contributed by atoms with van der Waals surface area (Å²) in [5.41, 5.74) is 0.876. The maximum atomic E-state index is 12.7. The van der Waals surface area contributed by atoms with Crippen LogP contribution in [0.3, 0.4) is 0 Å². The zero-order valence-electron chi connectivity index (χ0n) is 16.1. The highest BCUT2D eigenvalue weighted by Gasteiger charge is 2.24. The van der Waals surface area contributed by atoms with Crippen LogP contribution in [0, 0.1) is 0 Å². The van der Waals surface area contributed by atoms with E-state index in [0.29, 0.717) is 11.5 Å². The molecule has 1 amide bonds. The summed E-state index contributed by atoms with van der Waals surface area (Å²) in [6.07, 6.45) is 0. The Balaban J connectivity index is 2.04. The molecule has 28 heavy (non-hydrogen) atoms. The van der Waals surface area contributed by atoms with Gasteiger partial charge in [-0.05, 0) is 42.8 Å². The van der Waals surface area contributed by atoms with Crippen molar-refractivity contribution in [3.8, 4) is 11.5 Å². The first-order valence-electron chi connectivity index (χ1n) is 8.42. The molecule has 0 unspecified atom stereocenters. The Morgan fingerprint density at radius 3 is 2.32 bits per heavy atom. The predicted octanol–water partition coefficient (Wildman–Crippen LogP) is 2.86. The SMILES string of the molecule is COc1ccc([C@@H](C)NC(=O)CN(C)S(=O)(=O)c2ccc(OC)c(Cl)c2)cc1. The molecule has 152 valence electrons. The van der Waals surface area contributed by atoms with E-state index in [4.69, 9.17) is 21.1 Å². The average molecular weight is 427 g/mol. The lowest BCUT2D eigenvalue weighted by Crippen LogP contribution is -2.39. The number of hydrogen-bond donors (Lipinski definition) is 1. The molecular weight excluding hydrogens is 404 g/mol. The molecule has 0 fully saturated rings. The second-order valence-corrected chi connectivity index (χ2v) is 8.57. The molecule has 0 radical (unpaired) electrons. The van der Waals surface area contributed by atoms with Crippen molar-refractivity contribution < 1.29 is 22.7 Å². The lowest BCUT2D eigenvalue weighted by atomic mass is 10.1. The summed E-state index contributed by atoms with van der Waals surface area (Å²) in [4.78, 5) is 12.3. The van der Waals surface area contributed by atoms with E-state index in [0.717, 1.165) is 9.87 Å². The van der Waals surface area contributed by atoms with Crippen molar-refractivity contribution in [1.82, 2.24) is 9.62 Å². The van der Waals surface area contributed by atoms with Crippen molar-refractivity contribution in [1.29, 1.82) is 0 Å². The van der Waals surface area contributed by atoms with Crippen LogP contribution in [-0.2, 0) is 14.8 Å². The van der Waals surface area contributed by atoms with Gasteiger partial charge in [0.2, 0.25) is 15.9 Å². The molecule has 1 N–H and O–H groups in total. The van der Waals surface area contributed by atoms with Crippen LogP contribution < -0.4 is 14.8 Å². The molecule has 9 heteroatoms. The van der Waals surface area contributed by atoms with Gasteiger partial charge in [-0.2, -0.15) is 4.31 Å². The van der Waals surface area contributed by atoms with Crippen LogP contribution in [0.2, 0.25) is 5.02 Å². The van der Waals surface area contributed by atoms with Crippen molar-refractivity contribution >= 4 is 27.5 Å². The number of likely N-dealkylation sites (N-methyl/N-ethyl adjacent to an activating group) is 1. The highest BCUT2D eigenvalue weighted by atomic mass is 35.5. The number of carbonyl (C=O) groups is 1. The van der Waals surface area contributed by atoms with Crippen LogP contribution in [0.25, 0.3) is 0 Å². The lowest BCUT2D eigenvalue weighted by molar-refractivity contribution is -0.121. The Kier molecular flexibility index (Phi) is 7.29. The number of nitrogens with zero attached hydrogens (tertiary/aromatic N) is 1. The van der Waals surface area contributed by atoms with Crippen molar-refractivity contribution in [2.24, 2.45) is 0 Å². The number of hydrogen-bond acceptors (Lipinski definition) is 5. The van der Waals surface area contributed by atoms with Gasteiger partial charge < -0.3 is 14.8 Å². The number of benzene rings is 2. The summed E-state index contributed by atoms with van der Waals surface area (Å²) < 4.78 is 36.5. The molecule has 1 atom stereocenters. The lowest BCUT2D eigenvalue weighted by Gasteiger charge is -2.20. The van der Waals surface area contributed by atoms with E-state index in [1.807, 2.05) is 19.1 Å². The summed E-state index contributed by atoms with van der Waals surface area (Å²) in [7, 11) is 0.480. The number of rotatable bonds is 8. The van der Waals surface area contributed by atoms with Crippen molar-refractivity contribution in [3.05, 3.63) is 53.1 Å². The van der Waals surface area contributed by atoms with Crippen molar-refractivity contribution in [3.63, 3.8) is 0 Å². The second kappa shape index (κ2) is 9.27. The Labute approximate surface area is 170 Å². The maximum Gasteiger partial charge on any atom is 0.243 e. The third-order valence-electron chi connectivity index (χ3n) is 4.19. The second-order valence-electron chi connectivity index (χ2n) is 6.12. The van der Waals surface area contributed by atoms with E-state index in [2.05, 4.69) is 5.32 Å². The molecule has 0 bridgehead atoms. The number of carbonyl (C=O) groups excluding carboxylic acids is 1. The fraction of sp³-hybridized carbons (Fsp3) is 0.316. The Hall–Kier alpha value is -2.29. The van der Waals surface area contributed by atoms with Gasteiger partial charge in [0.15, 0.2) is 0 Å². The fourth-order valence-corrected chi connectivity index (χ4v) is 4.01. The molecular formula is C19H23ClN2O5S. The molecule has 0 heterocycles. The number of sulfonamides is 1. The molecule has 2 aromatic carbocycles. The van der Waals surface area contributed by atoms with Crippen molar-refractivity contribution in [2.75, 3.05) is 27.8 Å². The van der Waals surface area contributed by atoms with E-state index in [1.54, 1.807) is 19.2 Å². The van der Waals surface area contributed by atoms with E-state index >= 15 is 0 Å². The first-order chi connectivity index (χ1) is 13.2. The predicted molar refractivity (Wildman–Crippen MR) is 107 cm³/mol. The first-order valence-corrected chi connectivity index (χ1v) is 10.2. The Morgan fingerprint density at radius 1 is 1.14 bits per heavy atom. The molecule has 0 aliphatic heterocycles. The molecule has 2 aromatic rings. The van der Waals surface area contributed by atoms with Gasteiger partial charge in [-0.25, -0.2) is 8.42 Å². The quantitative estimate of drug-likeness (QED) is 0.701. The fourth-order valence-electron chi connectivity index (χ4n) is 2.54. The van der Waals surface area contributed by atoms with E-state index in [1.165, 1.54) is 32.4 Å². The molecule has 0 aliphatic rings. The minimum absolute atomic E-state index is 0.0168. The Bertz CT molecular complexity index is 932.